The Morgan fingerprint density at radius 2 is 2.24 bits per heavy atom. The van der Waals surface area contributed by atoms with E-state index in [2.05, 4.69) is 32.0 Å². The molecule has 0 unspecified atom stereocenters. The Hall–Kier alpha value is -2.08. The Morgan fingerprint density at radius 3 is 3.05 bits per heavy atom. The van der Waals surface area contributed by atoms with Gasteiger partial charge in [0.2, 0.25) is 5.88 Å². The highest BCUT2D eigenvalue weighted by Crippen LogP contribution is 2.24. The Balaban J connectivity index is 1.87. The van der Waals surface area contributed by atoms with E-state index in [0.29, 0.717) is 19.0 Å². The van der Waals surface area contributed by atoms with Gasteiger partial charge in [-0.3, -0.25) is 4.40 Å². The van der Waals surface area contributed by atoms with Gasteiger partial charge in [0, 0.05) is 17.3 Å². The van der Waals surface area contributed by atoms with Gasteiger partial charge < -0.3 is 10.1 Å². The lowest BCUT2D eigenvalue weighted by atomic mass is 10.3. The molecular formula is C15H18N4OS. The summed E-state index contributed by atoms with van der Waals surface area (Å²) in [5.74, 6) is 0.639. The van der Waals surface area contributed by atoms with Crippen LogP contribution in [0.2, 0.25) is 0 Å². The predicted octanol–water partition coefficient (Wildman–Crippen LogP) is 3.42. The van der Waals surface area contributed by atoms with Crippen molar-refractivity contribution < 1.29 is 4.74 Å². The van der Waals surface area contributed by atoms with Crippen molar-refractivity contribution >= 4 is 22.0 Å². The fourth-order valence-corrected chi connectivity index (χ4v) is 3.26. The van der Waals surface area contributed by atoms with Crippen molar-refractivity contribution in [2.75, 3.05) is 11.9 Å². The molecule has 5 nitrogen and oxygen atoms in total. The van der Waals surface area contributed by atoms with Crippen LogP contribution in [0.3, 0.4) is 0 Å². The first kappa shape index (κ1) is 13.9. The van der Waals surface area contributed by atoms with Crippen LogP contribution in [0.25, 0.3) is 4.96 Å². The standard InChI is InChI=1S/C15H18N4OS/c1-4-20-14-12(6-5-7-16-14)17-8-13-11(3)18-15-19(13)10(2)9-21-15/h5-7,9,17H,4,8H2,1-3H3. The van der Waals surface area contributed by atoms with E-state index in [1.165, 1.54) is 11.4 Å². The van der Waals surface area contributed by atoms with Crippen LogP contribution in [0.15, 0.2) is 23.7 Å². The second-order valence-electron chi connectivity index (χ2n) is 4.78. The largest absolute Gasteiger partial charge is 0.476 e. The first-order valence-corrected chi connectivity index (χ1v) is 7.82. The molecule has 0 radical (unpaired) electrons. The summed E-state index contributed by atoms with van der Waals surface area (Å²) in [6.07, 6.45) is 1.74. The van der Waals surface area contributed by atoms with Crippen molar-refractivity contribution in [3.05, 3.63) is 40.8 Å². The van der Waals surface area contributed by atoms with Crippen LogP contribution in [-0.2, 0) is 6.54 Å². The summed E-state index contributed by atoms with van der Waals surface area (Å²) in [7, 11) is 0. The Labute approximate surface area is 127 Å². The minimum absolute atomic E-state index is 0.602. The second kappa shape index (κ2) is 5.73. The van der Waals surface area contributed by atoms with Crippen molar-refractivity contribution in [2.24, 2.45) is 0 Å². The smallest absolute Gasteiger partial charge is 0.237 e. The van der Waals surface area contributed by atoms with Crippen LogP contribution >= 0.6 is 11.3 Å². The Bertz CT molecular complexity index is 762. The summed E-state index contributed by atoms with van der Waals surface area (Å²) in [5, 5.41) is 5.53. The topological polar surface area (TPSA) is 51.5 Å². The van der Waals surface area contributed by atoms with E-state index in [-0.39, 0.29) is 0 Å². The molecule has 0 saturated carbocycles. The summed E-state index contributed by atoms with van der Waals surface area (Å²) < 4.78 is 7.74. The molecule has 3 heterocycles. The molecule has 21 heavy (non-hydrogen) atoms. The van der Waals surface area contributed by atoms with Crippen LogP contribution in [-0.4, -0.2) is 21.0 Å². The van der Waals surface area contributed by atoms with Crippen LogP contribution in [0.1, 0.15) is 24.0 Å². The van der Waals surface area contributed by atoms with Gasteiger partial charge in [-0.25, -0.2) is 9.97 Å². The molecule has 0 atom stereocenters. The molecule has 0 aliphatic carbocycles. The van der Waals surface area contributed by atoms with Crippen molar-refractivity contribution in [3.8, 4) is 5.88 Å². The SMILES string of the molecule is CCOc1ncccc1NCc1c(C)nc2scc(C)n12. The number of rotatable bonds is 5. The average Bonchev–Trinajstić information content (AvgIpc) is 2.98. The van der Waals surface area contributed by atoms with Crippen LogP contribution in [0.4, 0.5) is 5.69 Å². The molecule has 3 rings (SSSR count). The number of ether oxygens (including phenoxy) is 1. The van der Waals surface area contributed by atoms with Gasteiger partial charge in [-0.2, -0.15) is 0 Å². The highest BCUT2D eigenvalue weighted by atomic mass is 32.1. The molecule has 0 aromatic carbocycles. The summed E-state index contributed by atoms with van der Waals surface area (Å²) in [5.41, 5.74) is 4.35. The molecule has 0 saturated heterocycles. The van der Waals surface area contributed by atoms with E-state index in [0.717, 1.165) is 16.3 Å². The van der Waals surface area contributed by atoms with Crippen molar-refractivity contribution in [1.29, 1.82) is 0 Å². The molecule has 6 heteroatoms. The first-order chi connectivity index (χ1) is 10.2. The molecule has 0 aliphatic rings. The third-order valence-corrected chi connectivity index (χ3v) is 4.27. The highest BCUT2D eigenvalue weighted by molar-refractivity contribution is 7.15. The fraction of sp³-hybridized carbons (Fsp3) is 0.333. The third kappa shape index (κ3) is 2.58. The minimum atomic E-state index is 0.602. The molecule has 3 aromatic rings. The van der Waals surface area contributed by atoms with Gasteiger partial charge in [0.15, 0.2) is 4.96 Å². The van der Waals surface area contributed by atoms with E-state index in [1.54, 1.807) is 17.5 Å². The van der Waals surface area contributed by atoms with Gasteiger partial charge in [-0.15, -0.1) is 11.3 Å². The van der Waals surface area contributed by atoms with E-state index in [9.17, 15) is 0 Å². The number of nitrogens with zero attached hydrogens (tertiary/aromatic N) is 3. The molecule has 1 N–H and O–H groups in total. The van der Waals surface area contributed by atoms with Crippen molar-refractivity contribution in [2.45, 2.75) is 27.3 Å². The Kier molecular flexibility index (Phi) is 3.79. The van der Waals surface area contributed by atoms with Gasteiger partial charge in [0.25, 0.3) is 0 Å². The lowest BCUT2D eigenvalue weighted by molar-refractivity contribution is 0.328. The van der Waals surface area contributed by atoms with Crippen LogP contribution in [0.5, 0.6) is 5.88 Å². The van der Waals surface area contributed by atoms with Gasteiger partial charge in [0.1, 0.15) is 0 Å². The number of pyridine rings is 1. The minimum Gasteiger partial charge on any atom is -0.476 e. The number of hydrogen-bond donors (Lipinski definition) is 1. The second-order valence-corrected chi connectivity index (χ2v) is 5.62. The monoisotopic (exact) mass is 302 g/mol. The molecular weight excluding hydrogens is 284 g/mol. The quantitative estimate of drug-likeness (QED) is 0.784. The molecule has 0 spiro atoms. The zero-order valence-corrected chi connectivity index (χ0v) is 13.2. The van der Waals surface area contributed by atoms with E-state index in [4.69, 9.17) is 4.74 Å². The van der Waals surface area contributed by atoms with E-state index in [1.807, 2.05) is 26.0 Å². The zero-order valence-electron chi connectivity index (χ0n) is 12.4. The average molecular weight is 302 g/mol. The zero-order chi connectivity index (χ0) is 14.8. The maximum atomic E-state index is 5.54. The van der Waals surface area contributed by atoms with Crippen molar-refractivity contribution in [1.82, 2.24) is 14.4 Å². The molecule has 0 fully saturated rings. The van der Waals surface area contributed by atoms with Gasteiger partial charge in [-0.05, 0) is 32.9 Å². The third-order valence-electron chi connectivity index (χ3n) is 3.33. The van der Waals surface area contributed by atoms with E-state index >= 15 is 0 Å². The predicted molar refractivity (Wildman–Crippen MR) is 85.3 cm³/mol. The molecule has 0 bridgehead atoms. The van der Waals surface area contributed by atoms with E-state index < -0.39 is 0 Å². The molecule has 3 aromatic heterocycles. The van der Waals surface area contributed by atoms with Gasteiger partial charge >= 0.3 is 0 Å². The number of anilines is 1. The number of nitrogens with one attached hydrogen (secondary N) is 1. The summed E-state index contributed by atoms with van der Waals surface area (Å²) in [6.45, 7) is 7.39. The number of fused-ring (bicyclic) bond motifs is 1. The Morgan fingerprint density at radius 1 is 1.38 bits per heavy atom. The molecule has 0 aliphatic heterocycles. The van der Waals surface area contributed by atoms with Gasteiger partial charge in [-0.1, -0.05) is 0 Å². The summed E-state index contributed by atoms with van der Waals surface area (Å²) in [6, 6.07) is 3.88. The lowest BCUT2D eigenvalue weighted by Crippen LogP contribution is -2.07. The number of imidazole rings is 1. The summed E-state index contributed by atoms with van der Waals surface area (Å²) >= 11 is 1.67. The lowest BCUT2D eigenvalue weighted by Gasteiger charge is -2.11. The number of thiazole rings is 1. The van der Waals surface area contributed by atoms with Crippen LogP contribution < -0.4 is 10.1 Å². The first-order valence-electron chi connectivity index (χ1n) is 6.94. The number of aryl methyl sites for hydroxylation is 2. The maximum Gasteiger partial charge on any atom is 0.237 e. The normalized spacial score (nSPS) is 11.0. The summed E-state index contributed by atoms with van der Waals surface area (Å²) in [4.78, 5) is 9.89. The highest BCUT2D eigenvalue weighted by Gasteiger charge is 2.13. The van der Waals surface area contributed by atoms with Crippen molar-refractivity contribution in [3.63, 3.8) is 0 Å². The fourth-order valence-electron chi connectivity index (χ4n) is 2.33. The molecule has 0 amide bonds. The number of hydrogen-bond acceptors (Lipinski definition) is 5. The molecule has 110 valence electrons. The van der Waals surface area contributed by atoms with Crippen LogP contribution in [0, 0.1) is 13.8 Å². The maximum absolute atomic E-state index is 5.54. The van der Waals surface area contributed by atoms with Gasteiger partial charge in [0.05, 0.1) is 30.2 Å². The number of aromatic nitrogens is 3.